The first-order valence-corrected chi connectivity index (χ1v) is 9.03. The minimum atomic E-state index is -3.67. The molecule has 0 unspecified atom stereocenters. The molecule has 8 nitrogen and oxygen atoms in total. The van der Waals surface area contributed by atoms with E-state index in [1.807, 2.05) is 0 Å². The van der Waals surface area contributed by atoms with Gasteiger partial charge in [-0.25, -0.2) is 0 Å². The molecule has 9 heteroatoms. The van der Waals surface area contributed by atoms with Gasteiger partial charge in [0.1, 0.15) is 5.75 Å². The molecule has 0 bridgehead atoms. The van der Waals surface area contributed by atoms with Crippen molar-refractivity contribution in [1.82, 2.24) is 10.2 Å². The van der Waals surface area contributed by atoms with Gasteiger partial charge in [0.25, 0.3) is 5.91 Å². The fourth-order valence-electron chi connectivity index (χ4n) is 2.23. The maximum absolute atomic E-state index is 12.1. The van der Waals surface area contributed by atoms with Crippen molar-refractivity contribution in [1.29, 1.82) is 0 Å². The van der Waals surface area contributed by atoms with Gasteiger partial charge in [-0.1, -0.05) is 0 Å². The second-order valence-corrected chi connectivity index (χ2v) is 6.86. The summed E-state index contributed by atoms with van der Waals surface area (Å²) in [7, 11) is -3.67. The van der Waals surface area contributed by atoms with E-state index in [2.05, 4.69) is 10.2 Å². The van der Waals surface area contributed by atoms with Crippen LogP contribution in [-0.2, 0) is 14.9 Å². The molecule has 128 valence electrons. The maximum atomic E-state index is 12.1. The van der Waals surface area contributed by atoms with Gasteiger partial charge in [-0.05, 0) is 12.1 Å². The Balaban J connectivity index is 1.93. The number of carbonyl (C=O) groups is 1. The summed E-state index contributed by atoms with van der Waals surface area (Å²) in [5.41, 5.74) is 6.19. The van der Waals surface area contributed by atoms with Crippen LogP contribution >= 0.6 is 0 Å². The molecule has 0 radical (unpaired) electrons. The van der Waals surface area contributed by atoms with Gasteiger partial charge in [0, 0.05) is 43.5 Å². The average Bonchev–Trinajstić information content (AvgIpc) is 2.45. The molecule has 0 spiro atoms. The summed E-state index contributed by atoms with van der Waals surface area (Å²) in [5, 5.41) is 2.78. The van der Waals surface area contributed by atoms with Crippen molar-refractivity contribution < 1.29 is 22.1 Å². The first-order chi connectivity index (χ1) is 10.8. The largest absolute Gasteiger partial charge is 0.399 e. The number of hydrogen-bond acceptors (Lipinski definition) is 7. The zero-order chi connectivity index (χ0) is 16.9. The van der Waals surface area contributed by atoms with Crippen LogP contribution in [0.3, 0.4) is 0 Å². The van der Waals surface area contributed by atoms with Gasteiger partial charge in [-0.15, -0.1) is 0 Å². The number of carbonyl (C=O) groups excluding carboxylic acids is 1. The van der Waals surface area contributed by atoms with Gasteiger partial charge in [0.05, 0.1) is 19.5 Å². The Hall–Kier alpha value is -1.84. The van der Waals surface area contributed by atoms with Crippen molar-refractivity contribution in [2.75, 3.05) is 51.4 Å². The number of ether oxygens (including phenoxy) is 1. The molecule has 1 aliphatic heterocycles. The molecule has 0 atom stereocenters. The van der Waals surface area contributed by atoms with Gasteiger partial charge in [-0.2, -0.15) is 8.42 Å². The molecule has 1 aromatic carbocycles. The molecule has 1 aliphatic rings. The minimum Gasteiger partial charge on any atom is -0.399 e. The number of amides is 1. The summed E-state index contributed by atoms with van der Waals surface area (Å²) in [4.78, 5) is 14.3. The number of nitrogen functional groups attached to an aromatic ring is 1. The molecular weight excluding hydrogens is 322 g/mol. The molecule has 1 heterocycles. The topological polar surface area (TPSA) is 111 Å². The van der Waals surface area contributed by atoms with Crippen molar-refractivity contribution in [2.45, 2.75) is 0 Å². The zero-order valence-corrected chi connectivity index (χ0v) is 13.8. The number of anilines is 1. The lowest BCUT2D eigenvalue weighted by Crippen LogP contribution is -2.41. The van der Waals surface area contributed by atoms with Crippen LogP contribution in [0, 0.1) is 0 Å². The van der Waals surface area contributed by atoms with Gasteiger partial charge < -0.3 is 20.0 Å². The predicted octanol–water partition coefficient (Wildman–Crippen LogP) is -0.331. The van der Waals surface area contributed by atoms with Crippen LogP contribution in [0.1, 0.15) is 10.4 Å². The number of morpholine rings is 1. The third-order valence-corrected chi connectivity index (χ3v) is 3.75. The number of rotatable bonds is 6. The van der Waals surface area contributed by atoms with Crippen LogP contribution in [0.15, 0.2) is 18.2 Å². The lowest BCUT2D eigenvalue weighted by molar-refractivity contribution is 0.0383. The molecule has 1 aromatic rings. The lowest BCUT2D eigenvalue weighted by atomic mass is 10.2. The highest BCUT2D eigenvalue weighted by molar-refractivity contribution is 7.86. The van der Waals surface area contributed by atoms with E-state index in [-0.39, 0.29) is 22.9 Å². The quantitative estimate of drug-likeness (QED) is 0.537. The van der Waals surface area contributed by atoms with Gasteiger partial charge >= 0.3 is 10.1 Å². The zero-order valence-electron chi connectivity index (χ0n) is 12.9. The number of nitrogens with one attached hydrogen (secondary N) is 1. The van der Waals surface area contributed by atoms with Crippen LogP contribution in [0.5, 0.6) is 5.75 Å². The molecule has 1 saturated heterocycles. The van der Waals surface area contributed by atoms with Crippen LogP contribution in [0.25, 0.3) is 0 Å². The predicted molar refractivity (Wildman–Crippen MR) is 85.9 cm³/mol. The van der Waals surface area contributed by atoms with Gasteiger partial charge in [-0.3, -0.25) is 9.69 Å². The van der Waals surface area contributed by atoms with Gasteiger partial charge in [0.15, 0.2) is 0 Å². The van der Waals surface area contributed by atoms with Crippen LogP contribution in [0.2, 0.25) is 0 Å². The third kappa shape index (κ3) is 6.05. The van der Waals surface area contributed by atoms with Crippen molar-refractivity contribution in [3.05, 3.63) is 23.8 Å². The second kappa shape index (κ2) is 7.62. The molecule has 3 N–H and O–H groups in total. The average molecular weight is 343 g/mol. The summed E-state index contributed by atoms with van der Waals surface area (Å²) in [5.74, 6) is -0.310. The summed E-state index contributed by atoms with van der Waals surface area (Å²) < 4.78 is 32.3. The molecule has 23 heavy (non-hydrogen) atoms. The summed E-state index contributed by atoms with van der Waals surface area (Å²) >= 11 is 0. The highest BCUT2D eigenvalue weighted by Gasteiger charge is 2.13. The Morgan fingerprint density at radius 1 is 1.35 bits per heavy atom. The second-order valence-electron chi connectivity index (χ2n) is 5.29. The Labute approximate surface area is 135 Å². The molecule has 0 aromatic heterocycles. The molecule has 0 saturated carbocycles. The fourth-order valence-corrected chi connectivity index (χ4v) is 2.68. The third-order valence-electron chi connectivity index (χ3n) is 3.26. The van der Waals surface area contributed by atoms with Crippen molar-refractivity contribution in [3.8, 4) is 5.75 Å². The van der Waals surface area contributed by atoms with Crippen LogP contribution in [0.4, 0.5) is 5.69 Å². The molecule has 0 aliphatic carbocycles. The standard InChI is InChI=1S/C14H21N3O5S/c1-23(19,20)22-13-9-11(8-12(15)10-13)14(18)16-2-3-17-4-6-21-7-5-17/h8-10H,2-7,15H2,1H3,(H,16,18). The van der Waals surface area contributed by atoms with E-state index in [1.54, 1.807) is 0 Å². The molecule has 2 rings (SSSR count). The van der Waals surface area contributed by atoms with E-state index in [0.29, 0.717) is 19.8 Å². The normalized spacial score (nSPS) is 16.0. The van der Waals surface area contributed by atoms with E-state index >= 15 is 0 Å². The number of nitrogens with two attached hydrogens (primary N) is 1. The van der Waals surface area contributed by atoms with Crippen LogP contribution < -0.4 is 15.2 Å². The van der Waals surface area contributed by atoms with E-state index in [1.165, 1.54) is 18.2 Å². The monoisotopic (exact) mass is 343 g/mol. The minimum absolute atomic E-state index is 0.0193. The summed E-state index contributed by atoms with van der Waals surface area (Å²) in [6, 6.07) is 4.17. The van der Waals surface area contributed by atoms with Crippen molar-refractivity contribution in [2.24, 2.45) is 0 Å². The van der Waals surface area contributed by atoms with Gasteiger partial charge in [0.2, 0.25) is 0 Å². The van der Waals surface area contributed by atoms with E-state index < -0.39 is 10.1 Å². The molecular formula is C14H21N3O5S. The first kappa shape index (κ1) is 17.5. The summed E-state index contributed by atoms with van der Waals surface area (Å²) in [6.45, 7) is 4.31. The maximum Gasteiger partial charge on any atom is 0.306 e. The Morgan fingerprint density at radius 3 is 2.70 bits per heavy atom. The van der Waals surface area contributed by atoms with Crippen molar-refractivity contribution in [3.63, 3.8) is 0 Å². The SMILES string of the molecule is CS(=O)(=O)Oc1cc(N)cc(C(=O)NCCN2CCOCC2)c1. The Morgan fingerprint density at radius 2 is 2.04 bits per heavy atom. The van der Waals surface area contributed by atoms with Crippen LogP contribution in [-0.4, -0.2) is 64.9 Å². The Kier molecular flexibility index (Phi) is 5.80. The highest BCUT2D eigenvalue weighted by atomic mass is 32.2. The Bertz CT molecular complexity index is 656. The lowest BCUT2D eigenvalue weighted by Gasteiger charge is -2.26. The van der Waals surface area contributed by atoms with E-state index in [0.717, 1.165) is 25.9 Å². The fraction of sp³-hybridized carbons (Fsp3) is 0.500. The van der Waals surface area contributed by atoms with E-state index in [4.69, 9.17) is 14.7 Å². The highest BCUT2D eigenvalue weighted by Crippen LogP contribution is 2.20. The number of benzene rings is 1. The first-order valence-electron chi connectivity index (χ1n) is 7.22. The van der Waals surface area contributed by atoms with E-state index in [9.17, 15) is 13.2 Å². The number of nitrogens with zero attached hydrogens (tertiary/aromatic N) is 1. The number of hydrogen-bond donors (Lipinski definition) is 2. The smallest absolute Gasteiger partial charge is 0.306 e. The molecule has 1 fully saturated rings. The molecule has 1 amide bonds. The van der Waals surface area contributed by atoms with Crippen molar-refractivity contribution >= 4 is 21.7 Å². The summed E-state index contributed by atoms with van der Waals surface area (Å²) in [6.07, 6.45) is 0.929.